The van der Waals surface area contributed by atoms with Gasteiger partial charge >= 0.3 is 0 Å². The van der Waals surface area contributed by atoms with E-state index < -0.39 is 15.6 Å². The van der Waals surface area contributed by atoms with Crippen molar-refractivity contribution >= 4 is 33.4 Å². The van der Waals surface area contributed by atoms with Gasteiger partial charge in [0.2, 0.25) is 21.8 Å². The van der Waals surface area contributed by atoms with Crippen molar-refractivity contribution < 1.29 is 18.0 Å². The molecule has 0 heterocycles. The molecule has 0 radical (unpaired) electrons. The van der Waals surface area contributed by atoms with Crippen LogP contribution in [0.25, 0.3) is 0 Å². The summed E-state index contributed by atoms with van der Waals surface area (Å²) in [5, 5.41) is 6.30. The predicted octanol–water partition coefficient (Wildman–Crippen LogP) is 2.94. The molecule has 4 bridgehead atoms. The molecule has 0 spiro atoms. The number of likely N-dealkylation sites (N-methyl/N-ethyl adjacent to an activating group) is 1. The fraction of sp³-hybridized carbons (Fsp3) is 0.667. The van der Waals surface area contributed by atoms with Crippen molar-refractivity contribution in [2.75, 3.05) is 14.1 Å². The van der Waals surface area contributed by atoms with Gasteiger partial charge in [-0.2, -0.15) is 4.31 Å². The van der Waals surface area contributed by atoms with Crippen molar-refractivity contribution in [2.24, 2.45) is 23.2 Å². The molecule has 7 nitrogen and oxygen atoms in total. The Morgan fingerprint density at radius 2 is 1.70 bits per heavy atom. The Morgan fingerprint density at radius 1 is 1.06 bits per heavy atom. The highest BCUT2D eigenvalue weighted by atomic mass is 35.5. The molecule has 0 aromatic heterocycles. The largest absolute Gasteiger partial charge is 0.359 e. The van der Waals surface area contributed by atoms with Crippen LogP contribution in [0.4, 0.5) is 0 Å². The van der Waals surface area contributed by atoms with Gasteiger partial charge in [0.1, 0.15) is 10.4 Å². The number of amides is 2. The second-order valence-corrected chi connectivity index (χ2v) is 13.0. The summed E-state index contributed by atoms with van der Waals surface area (Å²) in [6, 6.07) is 6.35. The van der Waals surface area contributed by atoms with Gasteiger partial charge in [0.05, 0.1) is 10.4 Å². The third-order valence-electron chi connectivity index (χ3n) is 8.96. The van der Waals surface area contributed by atoms with Crippen molar-refractivity contribution in [3.8, 4) is 0 Å². The monoisotopic (exact) mass is 493 g/mol. The van der Waals surface area contributed by atoms with Crippen LogP contribution in [0.3, 0.4) is 0 Å². The van der Waals surface area contributed by atoms with Crippen molar-refractivity contribution in [3.63, 3.8) is 0 Å². The SMILES string of the molecule is CNC(=O)C12CC3CC(C1)C(NC(=O)C1(N(C)S(=O)(=O)c4ccccc4Cl)CCC1)C(C3)C2. The molecule has 5 fully saturated rings. The standard InChI is InChI=1S/C24H32ClN3O4S/c1-26-21(29)23-12-15-10-16(13-23)20(17(11-15)14-23)27-22(30)24(8-5-9-24)28(2)33(31,32)19-7-4-3-6-18(19)25/h3-4,6-7,15-17,20H,5,8-14H2,1-2H3,(H,26,29)(H,27,30). The van der Waals surface area contributed by atoms with Gasteiger partial charge in [-0.05, 0) is 81.3 Å². The van der Waals surface area contributed by atoms with Crippen LogP contribution < -0.4 is 10.6 Å². The Kier molecular flexibility index (Phi) is 5.57. The predicted molar refractivity (Wildman–Crippen MR) is 125 cm³/mol. The molecule has 5 aliphatic carbocycles. The summed E-state index contributed by atoms with van der Waals surface area (Å²) in [4.78, 5) is 26.4. The number of hydrogen-bond donors (Lipinski definition) is 2. The molecule has 0 aliphatic heterocycles. The number of nitrogens with zero attached hydrogens (tertiary/aromatic N) is 1. The van der Waals surface area contributed by atoms with Crippen LogP contribution >= 0.6 is 11.6 Å². The molecule has 5 aliphatic rings. The number of nitrogens with one attached hydrogen (secondary N) is 2. The van der Waals surface area contributed by atoms with E-state index in [4.69, 9.17) is 11.6 Å². The maximum atomic E-state index is 13.7. The van der Waals surface area contributed by atoms with Gasteiger partial charge in [-0.15, -0.1) is 0 Å². The normalized spacial score (nSPS) is 34.1. The Labute approximate surface area is 200 Å². The lowest BCUT2D eigenvalue weighted by Gasteiger charge is -2.59. The van der Waals surface area contributed by atoms with E-state index in [0.717, 1.165) is 38.5 Å². The van der Waals surface area contributed by atoms with Gasteiger partial charge in [-0.25, -0.2) is 8.42 Å². The van der Waals surface area contributed by atoms with Crippen molar-refractivity contribution in [3.05, 3.63) is 29.3 Å². The van der Waals surface area contributed by atoms with Gasteiger partial charge in [0, 0.05) is 20.1 Å². The fourth-order valence-electron chi connectivity index (χ4n) is 7.32. The number of benzene rings is 1. The molecule has 9 heteroatoms. The zero-order valence-corrected chi connectivity index (χ0v) is 20.7. The van der Waals surface area contributed by atoms with Crippen LogP contribution in [0, 0.1) is 23.2 Å². The molecule has 180 valence electrons. The Hall–Kier alpha value is -1.64. The van der Waals surface area contributed by atoms with E-state index in [9.17, 15) is 18.0 Å². The summed E-state index contributed by atoms with van der Waals surface area (Å²) in [5.41, 5.74) is -1.39. The van der Waals surface area contributed by atoms with Crippen LogP contribution in [0.1, 0.15) is 51.4 Å². The zero-order chi connectivity index (χ0) is 23.6. The van der Waals surface area contributed by atoms with Crippen LogP contribution in [-0.2, 0) is 19.6 Å². The van der Waals surface area contributed by atoms with E-state index in [1.54, 1.807) is 25.2 Å². The highest BCUT2D eigenvalue weighted by Gasteiger charge is 2.60. The van der Waals surface area contributed by atoms with E-state index in [1.165, 1.54) is 17.4 Å². The van der Waals surface area contributed by atoms with Gasteiger partial charge < -0.3 is 10.6 Å². The summed E-state index contributed by atoms with van der Waals surface area (Å²) >= 11 is 6.19. The lowest BCUT2D eigenvalue weighted by Crippen LogP contribution is -2.68. The van der Waals surface area contributed by atoms with Gasteiger partial charge in [-0.3, -0.25) is 9.59 Å². The van der Waals surface area contributed by atoms with Crippen molar-refractivity contribution in [2.45, 2.75) is 67.8 Å². The molecule has 5 saturated carbocycles. The summed E-state index contributed by atoms with van der Waals surface area (Å²) in [6.07, 6.45) is 6.38. The third-order valence-corrected chi connectivity index (χ3v) is 11.4. The first-order chi connectivity index (χ1) is 15.6. The van der Waals surface area contributed by atoms with Gasteiger partial charge in [-0.1, -0.05) is 23.7 Å². The summed E-state index contributed by atoms with van der Waals surface area (Å²) in [6.45, 7) is 0. The van der Waals surface area contributed by atoms with Crippen LogP contribution in [0.15, 0.2) is 29.2 Å². The van der Waals surface area contributed by atoms with Crippen molar-refractivity contribution in [1.82, 2.24) is 14.9 Å². The highest BCUT2D eigenvalue weighted by molar-refractivity contribution is 7.89. The molecule has 1 aromatic rings. The molecule has 2 N–H and O–H groups in total. The minimum Gasteiger partial charge on any atom is -0.359 e. The Morgan fingerprint density at radius 3 is 2.24 bits per heavy atom. The number of carbonyl (C=O) groups is 2. The smallest absolute Gasteiger partial charge is 0.245 e. The highest BCUT2D eigenvalue weighted by Crippen LogP contribution is 2.60. The van der Waals surface area contributed by atoms with E-state index in [1.807, 2.05) is 0 Å². The lowest BCUT2D eigenvalue weighted by molar-refractivity contribution is -0.152. The van der Waals surface area contributed by atoms with Gasteiger partial charge in [0.25, 0.3) is 0 Å². The van der Waals surface area contributed by atoms with E-state index in [-0.39, 0.29) is 45.0 Å². The molecule has 33 heavy (non-hydrogen) atoms. The second-order valence-electron chi connectivity index (χ2n) is 10.6. The molecular formula is C24H32ClN3O4S. The first-order valence-electron chi connectivity index (χ1n) is 11.9. The van der Waals surface area contributed by atoms with E-state index in [2.05, 4.69) is 10.6 Å². The first kappa shape index (κ1) is 23.1. The zero-order valence-electron chi connectivity index (χ0n) is 19.1. The average Bonchev–Trinajstić information content (AvgIpc) is 2.74. The summed E-state index contributed by atoms with van der Waals surface area (Å²) < 4.78 is 28.0. The molecule has 2 atom stereocenters. The van der Waals surface area contributed by atoms with E-state index >= 15 is 0 Å². The molecular weight excluding hydrogens is 462 g/mol. The van der Waals surface area contributed by atoms with Crippen molar-refractivity contribution in [1.29, 1.82) is 0 Å². The minimum absolute atomic E-state index is 0.000670. The Balaban J connectivity index is 1.37. The Bertz CT molecular complexity index is 1070. The number of hydrogen-bond acceptors (Lipinski definition) is 4. The average molecular weight is 494 g/mol. The molecule has 2 amide bonds. The number of sulfonamides is 1. The molecule has 0 saturated heterocycles. The molecule has 1 aromatic carbocycles. The van der Waals surface area contributed by atoms with E-state index in [0.29, 0.717) is 18.8 Å². The number of halogens is 1. The minimum atomic E-state index is -3.93. The first-order valence-corrected chi connectivity index (χ1v) is 13.7. The maximum Gasteiger partial charge on any atom is 0.245 e. The number of carbonyl (C=O) groups excluding carboxylic acids is 2. The summed E-state index contributed by atoms with van der Waals surface area (Å²) in [7, 11) is -0.732. The maximum absolute atomic E-state index is 13.7. The van der Waals surface area contributed by atoms with Crippen LogP contribution in [0.2, 0.25) is 5.02 Å². The quantitative estimate of drug-likeness (QED) is 0.636. The molecule has 2 unspecified atom stereocenters. The molecule has 6 rings (SSSR count). The third kappa shape index (κ3) is 3.43. The second kappa shape index (κ2) is 7.95. The van der Waals surface area contributed by atoms with Crippen LogP contribution in [-0.4, -0.2) is 50.2 Å². The topological polar surface area (TPSA) is 95.6 Å². The van der Waals surface area contributed by atoms with Crippen LogP contribution in [0.5, 0.6) is 0 Å². The van der Waals surface area contributed by atoms with Gasteiger partial charge in [0.15, 0.2) is 0 Å². The fourth-order valence-corrected chi connectivity index (χ4v) is 9.33. The number of rotatable bonds is 6. The lowest BCUT2D eigenvalue weighted by atomic mass is 9.47. The summed E-state index contributed by atoms with van der Waals surface area (Å²) in [5.74, 6) is 0.986.